The Bertz CT molecular complexity index is 799. The Morgan fingerprint density at radius 1 is 1.07 bits per heavy atom. The zero-order valence-corrected chi connectivity index (χ0v) is 17.2. The van der Waals surface area contributed by atoms with Crippen LogP contribution in [0.5, 0.6) is 11.5 Å². The standard InChI is InChI=1S/C19H28N2O6S/c1-25-16-13-17(26-2)18(28(23,24)21-8-10-27-11-9-21)12-15(16)19(22)20-14-6-4-3-5-7-14/h12-14H,3-11H2,1-2H3,(H,20,22). The predicted octanol–water partition coefficient (Wildman–Crippen LogP) is 1.79. The molecule has 156 valence electrons. The molecule has 3 rings (SSSR count). The molecule has 1 amide bonds. The monoisotopic (exact) mass is 412 g/mol. The topological polar surface area (TPSA) is 94.2 Å². The van der Waals surface area contributed by atoms with Crippen LogP contribution in [-0.2, 0) is 14.8 Å². The minimum absolute atomic E-state index is 0.0357. The third-order valence-corrected chi connectivity index (χ3v) is 7.18. The molecular formula is C19H28N2O6S. The second-order valence-corrected chi connectivity index (χ2v) is 8.93. The Balaban J connectivity index is 1.95. The molecule has 0 unspecified atom stereocenters. The summed E-state index contributed by atoms with van der Waals surface area (Å²) in [5.74, 6) is 0.105. The Kier molecular flexibility index (Phi) is 6.79. The molecule has 0 atom stereocenters. The maximum Gasteiger partial charge on any atom is 0.255 e. The van der Waals surface area contributed by atoms with Crippen LogP contribution in [0.4, 0.5) is 0 Å². The van der Waals surface area contributed by atoms with Crippen molar-refractivity contribution in [1.29, 1.82) is 0 Å². The number of ether oxygens (including phenoxy) is 3. The summed E-state index contributed by atoms with van der Waals surface area (Å²) in [4.78, 5) is 12.9. The number of nitrogens with one attached hydrogen (secondary N) is 1. The third kappa shape index (κ3) is 4.42. The summed E-state index contributed by atoms with van der Waals surface area (Å²) < 4.78 is 43.5. The number of benzene rings is 1. The molecule has 1 aliphatic carbocycles. The van der Waals surface area contributed by atoms with Gasteiger partial charge in [-0.3, -0.25) is 4.79 Å². The number of morpholine rings is 1. The summed E-state index contributed by atoms with van der Waals surface area (Å²) in [7, 11) is -0.982. The minimum atomic E-state index is -3.83. The fourth-order valence-electron chi connectivity index (χ4n) is 3.68. The first kappa shape index (κ1) is 20.9. The number of carbonyl (C=O) groups is 1. The smallest absolute Gasteiger partial charge is 0.255 e. The van der Waals surface area contributed by atoms with Gasteiger partial charge in [-0.2, -0.15) is 4.31 Å². The molecule has 1 saturated carbocycles. The summed E-state index contributed by atoms with van der Waals surface area (Å²) in [5, 5.41) is 3.02. The van der Waals surface area contributed by atoms with Gasteiger partial charge in [-0.05, 0) is 18.9 Å². The Morgan fingerprint density at radius 3 is 2.32 bits per heavy atom. The molecular weight excluding hydrogens is 384 g/mol. The number of hydrogen-bond donors (Lipinski definition) is 1. The fraction of sp³-hybridized carbons (Fsp3) is 0.632. The summed E-state index contributed by atoms with van der Waals surface area (Å²) in [6.07, 6.45) is 5.22. The summed E-state index contributed by atoms with van der Waals surface area (Å²) in [6.45, 7) is 1.21. The first-order chi connectivity index (χ1) is 13.5. The molecule has 0 bridgehead atoms. The van der Waals surface area contributed by atoms with E-state index in [1.54, 1.807) is 0 Å². The zero-order chi connectivity index (χ0) is 20.1. The van der Waals surface area contributed by atoms with Gasteiger partial charge in [0.1, 0.15) is 16.4 Å². The second kappa shape index (κ2) is 9.11. The van der Waals surface area contributed by atoms with E-state index in [-0.39, 0.29) is 47.0 Å². The highest BCUT2D eigenvalue weighted by atomic mass is 32.2. The van der Waals surface area contributed by atoms with Crippen LogP contribution < -0.4 is 14.8 Å². The number of sulfonamides is 1. The van der Waals surface area contributed by atoms with Crippen LogP contribution in [0.1, 0.15) is 42.5 Å². The van der Waals surface area contributed by atoms with Crippen molar-refractivity contribution in [3.05, 3.63) is 17.7 Å². The lowest BCUT2D eigenvalue weighted by molar-refractivity contribution is 0.0729. The van der Waals surface area contributed by atoms with E-state index >= 15 is 0 Å². The van der Waals surface area contributed by atoms with Crippen LogP contribution >= 0.6 is 0 Å². The number of rotatable bonds is 6. The van der Waals surface area contributed by atoms with Crippen molar-refractivity contribution in [3.8, 4) is 11.5 Å². The first-order valence-electron chi connectivity index (χ1n) is 9.62. The highest BCUT2D eigenvalue weighted by Gasteiger charge is 2.32. The number of carbonyl (C=O) groups excluding carboxylic acids is 1. The number of methoxy groups -OCH3 is 2. The van der Waals surface area contributed by atoms with E-state index in [9.17, 15) is 13.2 Å². The third-order valence-electron chi connectivity index (χ3n) is 5.26. The molecule has 1 saturated heterocycles. The van der Waals surface area contributed by atoms with Crippen LogP contribution in [0, 0.1) is 0 Å². The van der Waals surface area contributed by atoms with Crippen LogP contribution in [0.25, 0.3) is 0 Å². The van der Waals surface area contributed by atoms with Gasteiger partial charge in [-0.1, -0.05) is 19.3 Å². The molecule has 0 aromatic heterocycles. The van der Waals surface area contributed by atoms with Crippen molar-refractivity contribution >= 4 is 15.9 Å². The van der Waals surface area contributed by atoms with Crippen LogP contribution in [-0.4, -0.2) is 65.2 Å². The van der Waals surface area contributed by atoms with E-state index in [0.717, 1.165) is 25.7 Å². The van der Waals surface area contributed by atoms with Gasteiger partial charge >= 0.3 is 0 Å². The van der Waals surface area contributed by atoms with E-state index < -0.39 is 10.0 Å². The molecule has 0 spiro atoms. The Labute approximate surface area is 166 Å². The predicted molar refractivity (Wildman–Crippen MR) is 103 cm³/mol. The van der Waals surface area contributed by atoms with Crippen molar-refractivity contribution in [1.82, 2.24) is 9.62 Å². The fourth-order valence-corrected chi connectivity index (χ4v) is 5.26. The molecule has 9 heteroatoms. The van der Waals surface area contributed by atoms with Crippen molar-refractivity contribution in [2.75, 3.05) is 40.5 Å². The maximum absolute atomic E-state index is 13.1. The van der Waals surface area contributed by atoms with Gasteiger partial charge in [-0.25, -0.2) is 8.42 Å². The quantitative estimate of drug-likeness (QED) is 0.766. The number of nitrogens with zero attached hydrogens (tertiary/aromatic N) is 1. The normalized spacial score (nSPS) is 19.2. The van der Waals surface area contributed by atoms with Gasteiger partial charge in [0.15, 0.2) is 0 Å². The maximum atomic E-state index is 13.1. The average molecular weight is 413 g/mol. The Morgan fingerprint density at radius 2 is 1.71 bits per heavy atom. The Hall–Kier alpha value is -1.84. The van der Waals surface area contributed by atoms with Crippen LogP contribution in [0.15, 0.2) is 17.0 Å². The lowest BCUT2D eigenvalue weighted by Crippen LogP contribution is -2.41. The second-order valence-electron chi connectivity index (χ2n) is 7.03. The summed E-state index contributed by atoms with van der Waals surface area (Å²) in [6, 6.07) is 2.93. The molecule has 1 N–H and O–H groups in total. The number of hydrogen-bond acceptors (Lipinski definition) is 6. The minimum Gasteiger partial charge on any atom is -0.496 e. The van der Waals surface area contributed by atoms with Gasteiger partial charge < -0.3 is 19.5 Å². The van der Waals surface area contributed by atoms with E-state index in [2.05, 4.69) is 5.32 Å². The van der Waals surface area contributed by atoms with E-state index in [0.29, 0.717) is 13.2 Å². The van der Waals surface area contributed by atoms with Crippen molar-refractivity contribution in [2.24, 2.45) is 0 Å². The molecule has 1 heterocycles. The molecule has 28 heavy (non-hydrogen) atoms. The molecule has 1 aliphatic heterocycles. The highest BCUT2D eigenvalue weighted by molar-refractivity contribution is 7.89. The van der Waals surface area contributed by atoms with Gasteiger partial charge in [0.2, 0.25) is 10.0 Å². The number of amides is 1. The van der Waals surface area contributed by atoms with E-state index in [1.165, 1.54) is 37.1 Å². The summed E-state index contributed by atoms with van der Waals surface area (Å²) >= 11 is 0. The summed E-state index contributed by atoms with van der Waals surface area (Å²) in [5.41, 5.74) is 0.195. The molecule has 0 radical (unpaired) electrons. The SMILES string of the molecule is COc1cc(OC)c(S(=O)(=O)N2CCOCC2)cc1C(=O)NC1CCCCC1. The lowest BCUT2D eigenvalue weighted by atomic mass is 9.95. The van der Waals surface area contributed by atoms with Crippen molar-refractivity contribution in [2.45, 2.75) is 43.0 Å². The average Bonchev–Trinajstić information content (AvgIpc) is 2.74. The van der Waals surface area contributed by atoms with Crippen LogP contribution in [0.3, 0.4) is 0 Å². The molecule has 1 aromatic rings. The zero-order valence-electron chi connectivity index (χ0n) is 16.4. The van der Waals surface area contributed by atoms with Gasteiger partial charge in [-0.15, -0.1) is 0 Å². The van der Waals surface area contributed by atoms with Gasteiger partial charge in [0, 0.05) is 25.2 Å². The first-order valence-corrected chi connectivity index (χ1v) is 11.1. The van der Waals surface area contributed by atoms with Crippen molar-refractivity contribution < 1.29 is 27.4 Å². The van der Waals surface area contributed by atoms with Crippen LogP contribution in [0.2, 0.25) is 0 Å². The molecule has 2 fully saturated rings. The molecule has 2 aliphatic rings. The highest BCUT2D eigenvalue weighted by Crippen LogP contribution is 2.34. The van der Waals surface area contributed by atoms with Gasteiger partial charge in [0.25, 0.3) is 5.91 Å². The lowest BCUT2D eigenvalue weighted by Gasteiger charge is -2.27. The molecule has 8 nitrogen and oxygen atoms in total. The molecule has 1 aromatic carbocycles. The van der Waals surface area contributed by atoms with E-state index in [1.807, 2.05) is 0 Å². The van der Waals surface area contributed by atoms with Crippen molar-refractivity contribution in [3.63, 3.8) is 0 Å². The van der Waals surface area contributed by atoms with E-state index in [4.69, 9.17) is 14.2 Å². The largest absolute Gasteiger partial charge is 0.496 e. The van der Waals surface area contributed by atoms with Gasteiger partial charge in [0.05, 0.1) is 33.0 Å².